The first-order valence-electron chi connectivity index (χ1n) is 9.64. The van der Waals surface area contributed by atoms with Crippen LogP contribution in [0.2, 0.25) is 0 Å². The molecule has 1 aromatic rings. The van der Waals surface area contributed by atoms with Gasteiger partial charge in [0.15, 0.2) is 0 Å². The minimum Gasteiger partial charge on any atom is -0.475 e. The molecule has 150 valence electrons. The van der Waals surface area contributed by atoms with Gasteiger partial charge in [-0.2, -0.15) is 0 Å². The Balaban J connectivity index is 1.63. The summed E-state index contributed by atoms with van der Waals surface area (Å²) in [5.41, 5.74) is 0.652. The zero-order valence-corrected chi connectivity index (χ0v) is 17.0. The molecular formula is C20H31N3O4. The van der Waals surface area contributed by atoms with Crippen LogP contribution in [0.15, 0.2) is 18.3 Å². The van der Waals surface area contributed by atoms with Gasteiger partial charge in [-0.3, -0.25) is 4.90 Å². The summed E-state index contributed by atoms with van der Waals surface area (Å²) in [5.74, 6) is 0.645. The summed E-state index contributed by atoms with van der Waals surface area (Å²) in [6, 6.07) is 4.30. The molecule has 0 N–H and O–H groups in total. The number of rotatable bonds is 4. The van der Waals surface area contributed by atoms with Crippen molar-refractivity contribution in [3.63, 3.8) is 0 Å². The number of piperazine rings is 1. The third kappa shape index (κ3) is 5.32. The van der Waals surface area contributed by atoms with Gasteiger partial charge in [-0.05, 0) is 40.2 Å². The van der Waals surface area contributed by atoms with Gasteiger partial charge in [-0.15, -0.1) is 0 Å². The molecular weight excluding hydrogens is 346 g/mol. The van der Waals surface area contributed by atoms with Crippen LogP contribution >= 0.6 is 0 Å². The van der Waals surface area contributed by atoms with Crippen molar-refractivity contribution in [2.45, 2.75) is 65.0 Å². The van der Waals surface area contributed by atoms with E-state index in [2.05, 4.69) is 16.0 Å². The van der Waals surface area contributed by atoms with Crippen LogP contribution in [0, 0.1) is 0 Å². The van der Waals surface area contributed by atoms with Crippen LogP contribution < -0.4 is 4.74 Å². The Morgan fingerprint density at radius 1 is 1.26 bits per heavy atom. The molecule has 0 aromatic carbocycles. The summed E-state index contributed by atoms with van der Waals surface area (Å²) in [6.45, 7) is 12.9. The number of hydrogen-bond donors (Lipinski definition) is 0. The molecule has 1 amide bonds. The minimum absolute atomic E-state index is 0.112. The second-order valence-corrected chi connectivity index (χ2v) is 8.57. The van der Waals surface area contributed by atoms with Gasteiger partial charge in [-0.25, -0.2) is 9.78 Å². The van der Waals surface area contributed by atoms with Gasteiger partial charge in [0.1, 0.15) is 5.60 Å². The van der Waals surface area contributed by atoms with Gasteiger partial charge >= 0.3 is 6.09 Å². The average Bonchev–Trinajstić information content (AvgIpc) is 2.54. The molecule has 0 radical (unpaired) electrons. The van der Waals surface area contributed by atoms with E-state index in [-0.39, 0.29) is 24.3 Å². The van der Waals surface area contributed by atoms with E-state index in [1.54, 1.807) is 0 Å². The second kappa shape index (κ2) is 8.02. The smallest absolute Gasteiger partial charge is 0.410 e. The van der Waals surface area contributed by atoms with Crippen molar-refractivity contribution >= 4 is 6.09 Å². The molecule has 3 heterocycles. The molecule has 0 aliphatic carbocycles. The predicted octanol–water partition coefficient (Wildman–Crippen LogP) is 2.69. The Bertz CT molecular complexity index is 628. The summed E-state index contributed by atoms with van der Waals surface area (Å²) in [6.07, 6.45) is 1.74. The monoisotopic (exact) mass is 377 g/mol. The highest BCUT2D eigenvalue weighted by Gasteiger charge is 2.40. The zero-order chi connectivity index (χ0) is 19.6. The van der Waals surface area contributed by atoms with E-state index >= 15 is 0 Å². The quantitative estimate of drug-likeness (QED) is 0.804. The summed E-state index contributed by atoms with van der Waals surface area (Å²) >= 11 is 0. The van der Waals surface area contributed by atoms with Gasteiger partial charge in [0.2, 0.25) is 5.88 Å². The first kappa shape index (κ1) is 19.9. The lowest BCUT2D eigenvalue weighted by molar-refractivity contribution is -0.101. The van der Waals surface area contributed by atoms with Gasteiger partial charge in [-0.1, -0.05) is 6.07 Å². The highest BCUT2D eigenvalue weighted by molar-refractivity contribution is 5.68. The van der Waals surface area contributed by atoms with E-state index in [0.717, 1.165) is 12.1 Å². The number of morpholine rings is 1. The van der Waals surface area contributed by atoms with E-state index in [0.29, 0.717) is 32.2 Å². The second-order valence-electron chi connectivity index (χ2n) is 8.57. The highest BCUT2D eigenvalue weighted by Crippen LogP contribution is 2.25. The fraction of sp³-hybridized carbons (Fsp3) is 0.700. The largest absolute Gasteiger partial charge is 0.475 e. The maximum atomic E-state index is 12.5. The number of ether oxygens (including phenoxy) is 3. The number of carbonyl (C=O) groups excluding carboxylic acids is 1. The number of pyridine rings is 1. The zero-order valence-electron chi connectivity index (χ0n) is 17.0. The standard InChI is InChI=1S/C20H31N3O4/c1-14(2)26-18-7-6-15(8-21-18)9-23-16-10-22(11-17(23)13-25-12-16)19(24)27-20(3,4)5/h6-8,14,16-17H,9-13H2,1-5H3/t16-,17+. The molecule has 2 aliphatic heterocycles. The summed E-state index contributed by atoms with van der Waals surface area (Å²) in [7, 11) is 0. The fourth-order valence-electron chi connectivity index (χ4n) is 3.49. The number of carbonyl (C=O) groups is 1. The molecule has 0 spiro atoms. The maximum absolute atomic E-state index is 12.5. The Kier molecular flexibility index (Phi) is 5.91. The SMILES string of the molecule is CC(C)Oc1ccc(CN2[C@@H]3COC[C@H]2CN(C(=O)OC(C)(C)C)C3)cn1. The lowest BCUT2D eigenvalue weighted by Crippen LogP contribution is -2.65. The fourth-order valence-corrected chi connectivity index (χ4v) is 3.49. The van der Waals surface area contributed by atoms with Crippen LogP contribution in [0.1, 0.15) is 40.2 Å². The molecule has 2 bridgehead atoms. The van der Waals surface area contributed by atoms with Gasteiger partial charge in [0.25, 0.3) is 0 Å². The molecule has 0 saturated carbocycles. The Labute approximate surface area is 161 Å². The molecule has 2 aliphatic rings. The molecule has 7 heteroatoms. The number of nitrogens with zero attached hydrogens (tertiary/aromatic N) is 3. The van der Waals surface area contributed by atoms with Crippen molar-refractivity contribution in [1.82, 2.24) is 14.8 Å². The third-order valence-corrected chi connectivity index (χ3v) is 4.59. The van der Waals surface area contributed by atoms with Crippen LogP contribution in [0.4, 0.5) is 4.79 Å². The first-order valence-corrected chi connectivity index (χ1v) is 9.64. The topological polar surface area (TPSA) is 64.1 Å². The number of fused-ring (bicyclic) bond motifs is 2. The molecule has 2 atom stereocenters. The van der Waals surface area contributed by atoms with Crippen LogP contribution in [0.25, 0.3) is 0 Å². The molecule has 27 heavy (non-hydrogen) atoms. The third-order valence-electron chi connectivity index (χ3n) is 4.59. The molecule has 0 unspecified atom stereocenters. The van der Waals surface area contributed by atoms with E-state index in [1.807, 2.05) is 51.8 Å². The van der Waals surface area contributed by atoms with E-state index in [1.165, 1.54) is 0 Å². The summed E-state index contributed by atoms with van der Waals surface area (Å²) < 4.78 is 16.9. The molecule has 2 fully saturated rings. The van der Waals surface area contributed by atoms with E-state index in [9.17, 15) is 4.79 Å². The highest BCUT2D eigenvalue weighted by atomic mass is 16.6. The van der Waals surface area contributed by atoms with E-state index < -0.39 is 5.60 Å². The van der Waals surface area contributed by atoms with Crippen molar-refractivity contribution in [2.24, 2.45) is 0 Å². The van der Waals surface area contributed by atoms with Crippen molar-refractivity contribution < 1.29 is 19.0 Å². The van der Waals surface area contributed by atoms with E-state index in [4.69, 9.17) is 14.2 Å². The van der Waals surface area contributed by atoms with Gasteiger partial charge < -0.3 is 19.1 Å². The molecule has 7 nitrogen and oxygen atoms in total. The van der Waals surface area contributed by atoms with Gasteiger partial charge in [0, 0.05) is 31.9 Å². The number of hydrogen-bond acceptors (Lipinski definition) is 6. The Morgan fingerprint density at radius 3 is 2.44 bits per heavy atom. The minimum atomic E-state index is -0.481. The van der Waals surface area contributed by atoms with Crippen LogP contribution in [0.3, 0.4) is 0 Å². The lowest BCUT2D eigenvalue weighted by Gasteiger charge is -2.49. The van der Waals surface area contributed by atoms with Crippen molar-refractivity contribution in [2.75, 3.05) is 26.3 Å². The molecule has 1 aromatic heterocycles. The van der Waals surface area contributed by atoms with Crippen molar-refractivity contribution in [1.29, 1.82) is 0 Å². The number of aromatic nitrogens is 1. The molecule has 2 saturated heterocycles. The summed E-state index contributed by atoms with van der Waals surface area (Å²) in [5, 5.41) is 0. The van der Waals surface area contributed by atoms with Crippen molar-refractivity contribution in [3.05, 3.63) is 23.9 Å². The Morgan fingerprint density at radius 2 is 1.93 bits per heavy atom. The Hall–Kier alpha value is -1.86. The predicted molar refractivity (Wildman–Crippen MR) is 102 cm³/mol. The van der Waals surface area contributed by atoms with Crippen molar-refractivity contribution in [3.8, 4) is 5.88 Å². The maximum Gasteiger partial charge on any atom is 0.410 e. The normalized spacial score (nSPS) is 23.4. The summed E-state index contributed by atoms with van der Waals surface area (Å²) in [4.78, 5) is 21.1. The first-order chi connectivity index (χ1) is 12.7. The molecule has 3 rings (SSSR count). The lowest BCUT2D eigenvalue weighted by atomic mass is 10.0. The van der Waals surface area contributed by atoms with Crippen LogP contribution in [0.5, 0.6) is 5.88 Å². The average molecular weight is 377 g/mol. The van der Waals surface area contributed by atoms with Crippen LogP contribution in [-0.4, -0.2) is 71.0 Å². The van der Waals surface area contributed by atoms with Gasteiger partial charge in [0.05, 0.1) is 31.4 Å². The number of amides is 1. The van der Waals surface area contributed by atoms with Crippen LogP contribution in [-0.2, 0) is 16.0 Å².